The fourth-order valence-electron chi connectivity index (χ4n) is 3.26. The van der Waals surface area contributed by atoms with Crippen molar-refractivity contribution in [1.82, 2.24) is 0 Å². The van der Waals surface area contributed by atoms with Crippen LogP contribution in [0.25, 0.3) is 0 Å². The lowest BCUT2D eigenvalue weighted by Gasteiger charge is -2.11. The summed E-state index contributed by atoms with van der Waals surface area (Å²) in [6, 6.07) is 21.1. The molecule has 2 amide bonds. The number of amides is 2. The number of rotatable bonds is 13. The standard InChI is InChI=1S/C28H30N2O7/c1-3-35-25-8-5-4-7-24(25)30-27(32)19-36-28(33)10-6-9-26(31)29-20-11-13-22(14-12-20)37-23-17-15-21(34-2)16-18-23/h4-5,7-8,11-18H,3,6,9-10,19H2,1-2H3,(H,29,31)(H,30,32). The van der Waals surface area contributed by atoms with Gasteiger partial charge < -0.3 is 29.6 Å². The SMILES string of the molecule is CCOc1ccccc1NC(=O)COC(=O)CCCC(=O)Nc1ccc(Oc2ccc(OC)cc2)cc1. The van der Waals surface area contributed by atoms with Crippen LogP contribution in [0.1, 0.15) is 26.2 Å². The van der Waals surface area contributed by atoms with E-state index >= 15 is 0 Å². The van der Waals surface area contributed by atoms with Gasteiger partial charge in [0.1, 0.15) is 23.0 Å². The molecule has 0 radical (unpaired) electrons. The molecule has 0 atom stereocenters. The van der Waals surface area contributed by atoms with Crippen molar-refractivity contribution >= 4 is 29.2 Å². The summed E-state index contributed by atoms with van der Waals surface area (Å²) >= 11 is 0. The Labute approximate surface area is 215 Å². The second-order valence-electron chi connectivity index (χ2n) is 7.84. The van der Waals surface area contributed by atoms with Crippen LogP contribution in [-0.2, 0) is 19.1 Å². The fraction of sp³-hybridized carbons (Fsp3) is 0.250. The first-order valence-corrected chi connectivity index (χ1v) is 11.9. The summed E-state index contributed by atoms with van der Waals surface area (Å²) in [6.45, 7) is 1.88. The van der Waals surface area contributed by atoms with Crippen molar-refractivity contribution in [3.8, 4) is 23.0 Å². The zero-order chi connectivity index (χ0) is 26.5. The summed E-state index contributed by atoms with van der Waals surface area (Å²) in [5.41, 5.74) is 1.11. The first kappa shape index (κ1) is 27.1. The Hall–Kier alpha value is -4.53. The predicted molar refractivity (Wildman–Crippen MR) is 139 cm³/mol. The van der Waals surface area contributed by atoms with E-state index in [-0.39, 0.29) is 25.2 Å². The van der Waals surface area contributed by atoms with Crippen molar-refractivity contribution in [2.45, 2.75) is 26.2 Å². The number of methoxy groups -OCH3 is 1. The summed E-state index contributed by atoms with van der Waals surface area (Å²) in [7, 11) is 1.60. The average molecular weight is 507 g/mol. The molecule has 0 fully saturated rings. The molecule has 37 heavy (non-hydrogen) atoms. The number of ether oxygens (including phenoxy) is 4. The Morgan fingerprint density at radius 3 is 2.08 bits per heavy atom. The lowest BCUT2D eigenvalue weighted by Crippen LogP contribution is -2.21. The molecule has 0 bridgehead atoms. The van der Waals surface area contributed by atoms with Gasteiger partial charge in [-0.2, -0.15) is 0 Å². The molecule has 9 heteroatoms. The van der Waals surface area contributed by atoms with Crippen LogP contribution in [0.3, 0.4) is 0 Å². The minimum absolute atomic E-state index is 0.0187. The normalized spacial score (nSPS) is 10.2. The first-order valence-electron chi connectivity index (χ1n) is 11.9. The zero-order valence-electron chi connectivity index (χ0n) is 20.8. The van der Waals surface area contributed by atoms with E-state index in [2.05, 4.69) is 10.6 Å². The van der Waals surface area contributed by atoms with E-state index in [9.17, 15) is 14.4 Å². The molecular formula is C28H30N2O7. The van der Waals surface area contributed by atoms with Gasteiger partial charge in [-0.15, -0.1) is 0 Å². The van der Waals surface area contributed by atoms with Crippen LogP contribution < -0.4 is 24.8 Å². The molecule has 0 unspecified atom stereocenters. The number of benzene rings is 3. The predicted octanol–water partition coefficient (Wildman–Crippen LogP) is 5.18. The van der Waals surface area contributed by atoms with E-state index in [1.807, 2.05) is 6.92 Å². The summed E-state index contributed by atoms with van der Waals surface area (Å²) in [5.74, 6) is 1.30. The Bertz CT molecular complexity index is 1180. The first-order chi connectivity index (χ1) is 18.0. The van der Waals surface area contributed by atoms with Crippen LogP contribution in [0.4, 0.5) is 11.4 Å². The molecule has 0 aliphatic carbocycles. The van der Waals surface area contributed by atoms with Gasteiger partial charge in [0.25, 0.3) is 5.91 Å². The monoisotopic (exact) mass is 506 g/mol. The quantitative estimate of drug-likeness (QED) is 0.307. The number of hydrogen-bond acceptors (Lipinski definition) is 7. The lowest BCUT2D eigenvalue weighted by atomic mass is 10.2. The topological polar surface area (TPSA) is 112 Å². The highest BCUT2D eigenvalue weighted by molar-refractivity contribution is 5.94. The minimum atomic E-state index is -0.555. The second-order valence-corrected chi connectivity index (χ2v) is 7.84. The molecule has 0 aliphatic rings. The van der Waals surface area contributed by atoms with Crippen LogP contribution in [0.2, 0.25) is 0 Å². The van der Waals surface area contributed by atoms with E-state index in [0.29, 0.717) is 35.2 Å². The number of hydrogen-bond donors (Lipinski definition) is 2. The Morgan fingerprint density at radius 1 is 0.757 bits per heavy atom. The molecule has 2 N–H and O–H groups in total. The Kier molecular flexibility index (Phi) is 10.3. The van der Waals surface area contributed by atoms with E-state index in [1.54, 1.807) is 79.9 Å². The molecule has 0 aliphatic heterocycles. The van der Waals surface area contributed by atoms with Crippen LogP contribution in [0.15, 0.2) is 72.8 Å². The third-order valence-electron chi connectivity index (χ3n) is 5.04. The van der Waals surface area contributed by atoms with Crippen LogP contribution in [0.5, 0.6) is 23.0 Å². The molecule has 3 aromatic rings. The maximum atomic E-state index is 12.2. The van der Waals surface area contributed by atoms with Crippen molar-refractivity contribution in [3.63, 3.8) is 0 Å². The molecule has 3 rings (SSSR count). The third kappa shape index (κ3) is 9.21. The smallest absolute Gasteiger partial charge is 0.306 e. The van der Waals surface area contributed by atoms with Gasteiger partial charge in [-0.25, -0.2) is 0 Å². The molecule has 9 nitrogen and oxygen atoms in total. The number of carbonyl (C=O) groups excluding carboxylic acids is 3. The van der Waals surface area contributed by atoms with Gasteiger partial charge in [0.2, 0.25) is 5.91 Å². The number of nitrogens with one attached hydrogen (secondary N) is 2. The Morgan fingerprint density at radius 2 is 1.41 bits per heavy atom. The van der Waals surface area contributed by atoms with Crippen LogP contribution >= 0.6 is 0 Å². The molecule has 0 spiro atoms. The average Bonchev–Trinajstić information content (AvgIpc) is 2.90. The van der Waals surface area contributed by atoms with Gasteiger partial charge in [-0.3, -0.25) is 14.4 Å². The number of para-hydroxylation sites is 2. The van der Waals surface area contributed by atoms with E-state index < -0.39 is 18.5 Å². The van der Waals surface area contributed by atoms with Gasteiger partial charge in [-0.1, -0.05) is 12.1 Å². The van der Waals surface area contributed by atoms with E-state index in [4.69, 9.17) is 18.9 Å². The van der Waals surface area contributed by atoms with Crippen molar-refractivity contribution in [1.29, 1.82) is 0 Å². The number of carbonyl (C=O) groups is 3. The summed E-state index contributed by atoms with van der Waals surface area (Å²) in [6.07, 6.45) is 0.441. The Balaban J connectivity index is 1.33. The summed E-state index contributed by atoms with van der Waals surface area (Å²) < 4.78 is 21.3. The van der Waals surface area contributed by atoms with Crippen LogP contribution in [0, 0.1) is 0 Å². The summed E-state index contributed by atoms with van der Waals surface area (Å²) in [5, 5.41) is 5.43. The van der Waals surface area contributed by atoms with Crippen LogP contribution in [-0.4, -0.2) is 38.1 Å². The molecule has 0 heterocycles. The maximum Gasteiger partial charge on any atom is 0.306 e. The molecule has 3 aromatic carbocycles. The lowest BCUT2D eigenvalue weighted by molar-refractivity contribution is -0.147. The highest BCUT2D eigenvalue weighted by Crippen LogP contribution is 2.25. The highest BCUT2D eigenvalue weighted by atomic mass is 16.5. The van der Waals surface area contributed by atoms with Gasteiger partial charge in [0.15, 0.2) is 6.61 Å². The largest absolute Gasteiger partial charge is 0.497 e. The van der Waals surface area contributed by atoms with Crippen molar-refractivity contribution in [2.24, 2.45) is 0 Å². The molecular weight excluding hydrogens is 476 g/mol. The maximum absolute atomic E-state index is 12.2. The van der Waals surface area contributed by atoms with E-state index in [1.165, 1.54) is 0 Å². The highest BCUT2D eigenvalue weighted by Gasteiger charge is 2.12. The molecule has 0 saturated carbocycles. The molecule has 0 aromatic heterocycles. The minimum Gasteiger partial charge on any atom is -0.497 e. The van der Waals surface area contributed by atoms with Gasteiger partial charge in [0, 0.05) is 18.5 Å². The second kappa shape index (κ2) is 14.1. The fourth-order valence-corrected chi connectivity index (χ4v) is 3.26. The van der Waals surface area contributed by atoms with Crippen molar-refractivity contribution in [2.75, 3.05) is 31.0 Å². The molecule has 194 valence electrons. The van der Waals surface area contributed by atoms with Gasteiger partial charge in [0.05, 0.1) is 19.4 Å². The number of esters is 1. The number of anilines is 2. The van der Waals surface area contributed by atoms with Crippen molar-refractivity contribution in [3.05, 3.63) is 72.8 Å². The van der Waals surface area contributed by atoms with Gasteiger partial charge >= 0.3 is 5.97 Å². The summed E-state index contributed by atoms with van der Waals surface area (Å²) in [4.78, 5) is 36.2. The third-order valence-corrected chi connectivity index (χ3v) is 5.04. The van der Waals surface area contributed by atoms with Gasteiger partial charge in [-0.05, 0) is 74.0 Å². The van der Waals surface area contributed by atoms with Crippen molar-refractivity contribution < 1.29 is 33.3 Å². The zero-order valence-corrected chi connectivity index (χ0v) is 20.8. The molecule has 0 saturated heterocycles. The van der Waals surface area contributed by atoms with E-state index in [0.717, 1.165) is 5.75 Å².